The first-order valence-electron chi connectivity index (χ1n) is 7.25. The summed E-state index contributed by atoms with van der Waals surface area (Å²) in [6.07, 6.45) is -0.795. The van der Waals surface area contributed by atoms with Gasteiger partial charge in [-0.1, -0.05) is 6.58 Å². The number of amides is 1. The molecule has 2 aromatic rings. The second-order valence-electron chi connectivity index (χ2n) is 5.80. The third-order valence-electron chi connectivity index (χ3n) is 4.14. The number of hydrogen-bond acceptors (Lipinski definition) is 2. The predicted octanol–water partition coefficient (Wildman–Crippen LogP) is 3.11. The van der Waals surface area contributed by atoms with Crippen molar-refractivity contribution in [3.8, 4) is 0 Å². The maximum Gasteiger partial charge on any atom is 0.272 e. The average molecular weight is 340 g/mol. The lowest BCUT2D eigenvalue weighted by atomic mass is 9.89. The summed E-state index contributed by atoms with van der Waals surface area (Å²) in [5.41, 5.74) is 1.19. The first-order chi connectivity index (χ1) is 10.9. The van der Waals surface area contributed by atoms with Crippen molar-refractivity contribution in [3.63, 3.8) is 0 Å². The van der Waals surface area contributed by atoms with E-state index < -0.39 is 29.3 Å². The molecule has 0 bridgehead atoms. The van der Waals surface area contributed by atoms with Gasteiger partial charge >= 0.3 is 0 Å². The molecule has 1 saturated carbocycles. The van der Waals surface area contributed by atoms with E-state index >= 15 is 0 Å². The number of rotatable bonds is 2. The Kier molecular flexibility index (Phi) is 4.10. The summed E-state index contributed by atoms with van der Waals surface area (Å²) in [6.45, 7) is 3.64. The van der Waals surface area contributed by atoms with Crippen molar-refractivity contribution in [1.29, 1.82) is 0 Å². The van der Waals surface area contributed by atoms with Crippen LogP contribution in [-0.2, 0) is 7.05 Å². The summed E-state index contributed by atoms with van der Waals surface area (Å²) in [5, 5.41) is 6.83. The molecule has 1 amide bonds. The van der Waals surface area contributed by atoms with Crippen molar-refractivity contribution >= 4 is 28.4 Å². The minimum absolute atomic E-state index is 0.0812. The second-order valence-corrected chi connectivity index (χ2v) is 6.36. The summed E-state index contributed by atoms with van der Waals surface area (Å²) >= 11 is 6.20. The van der Waals surface area contributed by atoms with Gasteiger partial charge in [-0.2, -0.15) is 5.10 Å². The van der Waals surface area contributed by atoms with Gasteiger partial charge in [0.05, 0.1) is 10.9 Å². The Bertz CT molecular complexity index is 789. The van der Waals surface area contributed by atoms with Crippen LogP contribution in [0.5, 0.6) is 0 Å². The number of halogens is 3. The molecule has 23 heavy (non-hydrogen) atoms. The minimum Gasteiger partial charge on any atom is -0.346 e. The van der Waals surface area contributed by atoms with E-state index in [-0.39, 0.29) is 12.1 Å². The third-order valence-corrected chi connectivity index (χ3v) is 4.60. The molecule has 0 aliphatic heterocycles. The van der Waals surface area contributed by atoms with Gasteiger partial charge in [-0.3, -0.25) is 9.48 Å². The highest BCUT2D eigenvalue weighted by Gasteiger charge is 2.33. The topological polar surface area (TPSA) is 46.9 Å². The fourth-order valence-electron chi connectivity index (χ4n) is 2.85. The van der Waals surface area contributed by atoms with Crippen LogP contribution in [0.4, 0.5) is 8.78 Å². The van der Waals surface area contributed by atoms with Gasteiger partial charge in [-0.05, 0) is 30.2 Å². The lowest BCUT2D eigenvalue weighted by Gasteiger charge is -2.31. The van der Waals surface area contributed by atoms with E-state index in [2.05, 4.69) is 17.0 Å². The van der Waals surface area contributed by atoms with Crippen molar-refractivity contribution in [2.75, 3.05) is 0 Å². The predicted molar refractivity (Wildman–Crippen MR) is 84.8 cm³/mol. The molecule has 1 aromatic carbocycles. The normalized spacial score (nSPS) is 24.9. The fraction of sp³-hybridized carbons (Fsp3) is 0.375. The lowest BCUT2D eigenvalue weighted by Crippen LogP contribution is -2.46. The van der Waals surface area contributed by atoms with Crippen molar-refractivity contribution < 1.29 is 13.6 Å². The number of benzene rings is 1. The molecule has 1 aromatic heterocycles. The molecule has 1 fully saturated rings. The Morgan fingerprint density at radius 1 is 1.52 bits per heavy atom. The summed E-state index contributed by atoms with van der Waals surface area (Å²) in [6, 6.07) is 3.60. The SMILES string of the molecule is C=C1CC(Cl)C(NC(=O)c2nn(C)c3ccc(F)cc23)CC1F. The molecule has 1 aliphatic rings. The Morgan fingerprint density at radius 3 is 3.00 bits per heavy atom. The number of allylic oxidation sites excluding steroid dienone is 1. The van der Waals surface area contributed by atoms with Crippen LogP contribution in [0.1, 0.15) is 23.3 Å². The molecular weight excluding hydrogens is 324 g/mol. The van der Waals surface area contributed by atoms with Crippen molar-refractivity contribution in [2.24, 2.45) is 7.05 Å². The quantitative estimate of drug-likeness (QED) is 0.675. The fourth-order valence-corrected chi connectivity index (χ4v) is 3.21. The summed E-state index contributed by atoms with van der Waals surface area (Å²) in [7, 11) is 1.67. The van der Waals surface area contributed by atoms with Crippen LogP contribution in [0.25, 0.3) is 10.9 Å². The number of aromatic nitrogens is 2. The number of aryl methyl sites for hydroxylation is 1. The third kappa shape index (κ3) is 2.95. The highest BCUT2D eigenvalue weighted by Crippen LogP contribution is 2.29. The van der Waals surface area contributed by atoms with Gasteiger partial charge < -0.3 is 5.32 Å². The molecule has 0 spiro atoms. The molecule has 3 rings (SSSR count). The second kappa shape index (κ2) is 5.92. The molecule has 3 atom stereocenters. The first kappa shape index (κ1) is 15.9. The van der Waals surface area contributed by atoms with E-state index in [1.54, 1.807) is 13.1 Å². The van der Waals surface area contributed by atoms with Crippen molar-refractivity contribution in [2.45, 2.75) is 30.4 Å². The first-order valence-corrected chi connectivity index (χ1v) is 7.69. The number of carbonyl (C=O) groups is 1. The van der Waals surface area contributed by atoms with E-state index in [9.17, 15) is 13.6 Å². The van der Waals surface area contributed by atoms with Crippen molar-refractivity contribution in [3.05, 3.63) is 41.9 Å². The van der Waals surface area contributed by atoms with Crippen LogP contribution >= 0.6 is 11.6 Å². The highest BCUT2D eigenvalue weighted by atomic mass is 35.5. The number of alkyl halides is 2. The van der Waals surface area contributed by atoms with Gasteiger partial charge in [0.2, 0.25) is 0 Å². The molecule has 0 saturated heterocycles. The Hall–Kier alpha value is -1.95. The maximum absolute atomic E-state index is 13.8. The molecule has 0 radical (unpaired) electrons. The zero-order valence-electron chi connectivity index (χ0n) is 12.5. The van der Waals surface area contributed by atoms with Gasteiger partial charge in [0.1, 0.15) is 12.0 Å². The Morgan fingerprint density at radius 2 is 2.26 bits per heavy atom. The van der Waals surface area contributed by atoms with Crippen LogP contribution in [0.3, 0.4) is 0 Å². The van der Waals surface area contributed by atoms with E-state index in [0.717, 1.165) is 0 Å². The zero-order valence-corrected chi connectivity index (χ0v) is 13.3. The minimum atomic E-state index is -1.19. The summed E-state index contributed by atoms with van der Waals surface area (Å²) in [4.78, 5) is 12.5. The molecular formula is C16H16ClF2N3O. The van der Waals surface area contributed by atoms with Gasteiger partial charge in [0.15, 0.2) is 5.69 Å². The van der Waals surface area contributed by atoms with E-state index in [4.69, 9.17) is 11.6 Å². The van der Waals surface area contributed by atoms with Gasteiger partial charge in [0.25, 0.3) is 5.91 Å². The van der Waals surface area contributed by atoms with Gasteiger partial charge in [-0.25, -0.2) is 8.78 Å². The number of nitrogens with one attached hydrogen (secondary N) is 1. The van der Waals surface area contributed by atoms with Crippen LogP contribution in [-0.4, -0.2) is 33.3 Å². The van der Waals surface area contributed by atoms with Crippen LogP contribution in [0.15, 0.2) is 30.4 Å². The molecule has 7 heteroatoms. The molecule has 3 unspecified atom stereocenters. The van der Waals surface area contributed by atoms with Crippen LogP contribution < -0.4 is 5.32 Å². The van der Waals surface area contributed by atoms with Gasteiger partial charge in [-0.15, -0.1) is 11.6 Å². The Balaban J connectivity index is 1.86. The molecule has 4 nitrogen and oxygen atoms in total. The van der Waals surface area contributed by atoms with E-state index in [1.165, 1.54) is 16.8 Å². The highest BCUT2D eigenvalue weighted by molar-refractivity contribution is 6.21. The number of carbonyl (C=O) groups excluding carboxylic acids is 1. The standard InChI is InChI=1S/C16H16ClF2N3O/c1-8-5-11(17)13(7-12(8)19)20-16(23)15-10-6-9(18)3-4-14(10)22(2)21-15/h3-4,6,11-13H,1,5,7H2,2H3,(H,20,23). The monoisotopic (exact) mass is 339 g/mol. The van der Waals surface area contributed by atoms with Crippen molar-refractivity contribution in [1.82, 2.24) is 15.1 Å². The molecule has 1 heterocycles. The largest absolute Gasteiger partial charge is 0.346 e. The number of hydrogen-bond donors (Lipinski definition) is 1. The van der Waals surface area contributed by atoms with E-state index in [0.29, 0.717) is 22.9 Å². The zero-order chi connectivity index (χ0) is 16.7. The van der Waals surface area contributed by atoms with Gasteiger partial charge in [0, 0.05) is 24.9 Å². The maximum atomic E-state index is 13.8. The average Bonchev–Trinajstić information content (AvgIpc) is 2.81. The number of fused-ring (bicyclic) bond motifs is 1. The van der Waals surface area contributed by atoms with E-state index in [1.807, 2.05) is 0 Å². The molecule has 1 aliphatic carbocycles. The molecule has 1 N–H and O–H groups in total. The Labute approximate surface area is 137 Å². The van der Waals surface area contributed by atoms with Crippen LogP contribution in [0, 0.1) is 5.82 Å². The summed E-state index contributed by atoms with van der Waals surface area (Å²) < 4.78 is 28.7. The number of nitrogens with zero attached hydrogens (tertiary/aromatic N) is 2. The summed E-state index contributed by atoms with van der Waals surface area (Å²) in [5.74, 6) is -0.941. The lowest BCUT2D eigenvalue weighted by molar-refractivity contribution is 0.0919. The molecule has 122 valence electrons. The van der Waals surface area contributed by atoms with Crippen LogP contribution in [0.2, 0.25) is 0 Å². The smallest absolute Gasteiger partial charge is 0.272 e.